The van der Waals surface area contributed by atoms with Gasteiger partial charge in [0.1, 0.15) is 11.2 Å². The molecule has 0 bridgehead atoms. The van der Waals surface area contributed by atoms with Crippen molar-refractivity contribution in [3.63, 3.8) is 0 Å². The zero-order valence-electron chi connectivity index (χ0n) is 22.6. The molecule has 0 amide bonds. The number of fused-ring (bicyclic) bond motifs is 3. The Morgan fingerprint density at radius 1 is 0.425 bits per heavy atom. The van der Waals surface area contributed by atoms with Gasteiger partial charge in [-0.25, -0.2) is 0 Å². The lowest BCUT2D eigenvalue weighted by molar-refractivity contribution is 0.669. The average Bonchev–Trinajstić information content (AvgIpc) is 3.36. The molecule has 0 fully saturated rings. The zero-order valence-corrected chi connectivity index (χ0v) is 22.6. The van der Waals surface area contributed by atoms with Gasteiger partial charge in [0.2, 0.25) is 0 Å². The molecule has 0 spiro atoms. The number of aryl methyl sites for hydroxylation is 2. The van der Waals surface area contributed by atoms with Crippen LogP contribution in [0.3, 0.4) is 0 Å². The fourth-order valence-electron chi connectivity index (χ4n) is 5.65. The van der Waals surface area contributed by atoms with Crippen LogP contribution in [0, 0.1) is 13.8 Å². The number of hydrogen-bond donors (Lipinski definition) is 0. The molecule has 0 saturated carbocycles. The first-order chi connectivity index (χ1) is 19.7. The second kappa shape index (κ2) is 9.91. The molecule has 0 saturated heterocycles. The Hall–Kier alpha value is -5.08. The van der Waals surface area contributed by atoms with E-state index >= 15 is 0 Å². The van der Waals surface area contributed by atoms with Crippen molar-refractivity contribution in [1.29, 1.82) is 0 Å². The highest BCUT2D eigenvalue weighted by Gasteiger charge is 2.16. The molecule has 0 aliphatic heterocycles. The molecular weight excluding hydrogens is 486 g/mol. The minimum Gasteiger partial charge on any atom is -0.456 e. The van der Waals surface area contributed by atoms with Crippen molar-refractivity contribution in [3.8, 4) is 22.3 Å². The van der Waals surface area contributed by atoms with Crippen molar-refractivity contribution in [1.82, 2.24) is 0 Å². The topological polar surface area (TPSA) is 16.4 Å². The van der Waals surface area contributed by atoms with Gasteiger partial charge in [-0.3, -0.25) is 0 Å². The molecule has 7 rings (SSSR count). The monoisotopic (exact) mass is 515 g/mol. The minimum absolute atomic E-state index is 0.890. The number of furan rings is 1. The molecule has 0 radical (unpaired) electrons. The lowest BCUT2D eigenvalue weighted by Gasteiger charge is -2.25. The lowest BCUT2D eigenvalue weighted by Crippen LogP contribution is -2.09. The van der Waals surface area contributed by atoms with E-state index in [1.54, 1.807) is 0 Å². The molecule has 40 heavy (non-hydrogen) atoms. The summed E-state index contributed by atoms with van der Waals surface area (Å²) in [6.07, 6.45) is 0. The molecular formula is C38H29NO. The van der Waals surface area contributed by atoms with Crippen LogP contribution in [0.25, 0.3) is 44.2 Å². The fraction of sp³-hybridized carbons (Fsp3) is 0.0526. The van der Waals surface area contributed by atoms with E-state index in [-0.39, 0.29) is 0 Å². The van der Waals surface area contributed by atoms with Crippen molar-refractivity contribution in [3.05, 3.63) is 151 Å². The van der Waals surface area contributed by atoms with Crippen molar-refractivity contribution >= 4 is 39.0 Å². The van der Waals surface area contributed by atoms with Gasteiger partial charge in [-0.2, -0.15) is 0 Å². The van der Waals surface area contributed by atoms with Crippen molar-refractivity contribution in [2.75, 3.05) is 4.90 Å². The first-order valence-corrected chi connectivity index (χ1v) is 13.7. The van der Waals surface area contributed by atoms with Gasteiger partial charge in [-0.1, -0.05) is 78.9 Å². The Kier molecular flexibility index (Phi) is 5.94. The maximum atomic E-state index is 6.40. The number of benzene rings is 6. The molecule has 1 aromatic heterocycles. The summed E-state index contributed by atoms with van der Waals surface area (Å²) in [6.45, 7) is 4.35. The molecule has 7 aromatic rings. The third kappa shape index (κ3) is 4.24. The maximum Gasteiger partial charge on any atom is 0.136 e. The first kappa shape index (κ1) is 24.0. The molecule has 0 aliphatic carbocycles. The van der Waals surface area contributed by atoms with Gasteiger partial charge in [0, 0.05) is 27.8 Å². The second-order valence-electron chi connectivity index (χ2n) is 10.3. The van der Waals surface area contributed by atoms with Gasteiger partial charge in [-0.05, 0) is 108 Å². The Morgan fingerprint density at radius 2 is 1.05 bits per heavy atom. The van der Waals surface area contributed by atoms with E-state index in [4.69, 9.17) is 4.42 Å². The maximum absolute atomic E-state index is 6.40. The van der Waals surface area contributed by atoms with Gasteiger partial charge in [0.25, 0.3) is 0 Å². The normalized spacial score (nSPS) is 11.2. The summed E-state index contributed by atoms with van der Waals surface area (Å²) >= 11 is 0. The number of hydrogen-bond acceptors (Lipinski definition) is 2. The molecule has 2 nitrogen and oxygen atoms in total. The SMILES string of the molecule is Cc1ccccc1-c1cc(-c2ccc3c(c2)oc2ccc(N(c4ccccc4)c4ccccc4)cc23)ccc1C. The number of para-hydroxylation sites is 2. The molecule has 0 atom stereocenters. The highest BCUT2D eigenvalue weighted by atomic mass is 16.3. The van der Waals surface area contributed by atoms with Crippen molar-refractivity contribution in [2.24, 2.45) is 0 Å². The van der Waals surface area contributed by atoms with Crippen LogP contribution in [0.15, 0.2) is 144 Å². The Morgan fingerprint density at radius 3 is 1.77 bits per heavy atom. The summed E-state index contributed by atoms with van der Waals surface area (Å²) in [5, 5.41) is 2.23. The predicted molar refractivity (Wildman–Crippen MR) is 169 cm³/mol. The smallest absolute Gasteiger partial charge is 0.136 e. The number of nitrogens with zero attached hydrogens (tertiary/aromatic N) is 1. The van der Waals surface area contributed by atoms with E-state index < -0.39 is 0 Å². The van der Waals surface area contributed by atoms with Crippen LogP contribution in [-0.4, -0.2) is 0 Å². The summed E-state index contributed by atoms with van der Waals surface area (Å²) in [5.74, 6) is 0. The highest BCUT2D eigenvalue weighted by Crippen LogP contribution is 2.39. The van der Waals surface area contributed by atoms with Crippen LogP contribution in [0.1, 0.15) is 11.1 Å². The summed E-state index contributed by atoms with van der Waals surface area (Å²) < 4.78 is 6.40. The Bertz CT molecular complexity index is 1930. The van der Waals surface area contributed by atoms with Crippen LogP contribution in [-0.2, 0) is 0 Å². The first-order valence-electron chi connectivity index (χ1n) is 13.7. The van der Waals surface area contributed by atoms with Gasteiger partial charge >= 0.3 is 0 Å². The van der Waals surface area contributed by atoms with Gasteiger partial charge in [0.15, 0.2) is 0 Å². The molecule has 0 aliphatic rings. The highest BCUT2D eigenvalue weighted by molar-refractivity contribution is 6.07. The average molecular weight is 516 g/mol. The van der Waals surface area contributed by atoms with Crippen LogP contribution >= 0.6 is 0 Å². The Labute approximate surface area is 234 Å². The van der Waals surface area contributed by atoms with Gasteiger partial charge in [-0.15, -0.1) is 0 Å². The van der Waals surface area contributed by atoms with E-state index in [9.17, 15) is 0 Å². The number of rotatable bonds is 5. The van der Waals surface area contributed by atoms with Gasteiger partial charge in [0.05, 0.1) is 0 Å². The summed E-state index contributed by atoms with van der Waals surface area (Å²) in [5.41, 5.74) is 12.6. The van der Waals surface area contributed by atoms with Crippen LogP contribution in [0.5, 0.6) is 0 Å². The largest absolute Gasteiger partial charge is 0.456 e. The van der Waals surface area contributed by atoms with E-state index in [0.29, 0.717) is 0 Å². The quantitative estimate of drug-likeness (QED) is 0.227. The van der Waals surface area contributed by atoms with Crippen LogP contribution in [0.2, 0.25) is 0 Å². The summed E-state index contributed by atoms with van der Waals surface area (Å²) in [7, 11) is 0. The third-order valence-corrected chi connectivity index (χ3v) is 7.75. The van der Waals surface area contributed by atoms with E-state index in [2.05, 4.69) is 158 Å². The molecule has 6 aromatic carbocycles. The Balaban J connectivity index is 1.32. The van der Waals surface area contributed by atoms with Crippen molar-refractivity contribution in [2.45, 2.75) is 13.8 Å². The van der Waals surface area contributed by atoms with Crippen molar-refractivity contribution < 1.29 is 4.42 Å². The van der Waals surface area contributed by atoms with Crippen LogP contribution < -0.4 is 4.90 Å². The number of anilines is 3. The minimum atomic E-state index is 0.890. The zero-order chi connectivity index (χ0) is 27.1. The van der Waals surface area contributed by atoms with Gasteiger partial charge < -0.3 is 9.32 Å². The van der Waals surface area contributed by atoms with E-state index in [1.807, 2.05) is 0 Å². The van der Waals surface area contributed by atoms with Crippen LogP contribution in [0.4, 0.5) is 17.1 Å². The summed E-state index contributed by atoms with van der Waals surface area (Å²) in [6, 6.07) is 49.3. The predicted octanol–water partition coefficient (Wildman–Crippen LogP) is 11.0. The third-order valence-electron chi connectivity index (χ3n) is 7.75. The molecule has 192 valence electrons. The molecule has 0 N–H and O–H groups in total. The van der Waals surface area contributed by atoms with E-state index in [0.717, 1.165) is 44.6 Å². The molecule has 0 unspecified atom stereocenters. The van der Waals surface area contributed by atoms with E-state index in [1.165, 1.54) is 27.8 Å². The standard InChI is InChI=1S/C38H29NO/c1-26-11-9-10-16-33(26)35-23-28(18-17-27(35)2)29-19-21-34-36-25-32(20-22-37(36)40-38(34)24-29)39(30-12-5-3-6-13-30)31-14-7-4-8-15-31/h3-25H,1-2H3. The second-order valence-corrected chi connectivity index (χ2v) is 10.3. The molecule has 2 heteroatoms. The molecule has 1 heterocycles. The lowest BCUT2D eigenvalue weighted by atomic mass is 9.93. The fourth-order valence-corrected chi connectivity index (χ4v) is 5.65. The summed E-state index contributed by atoms with van der Waals surface area (Å²) in [4.78, 5) is 2.28.